The lowest BCUT2D eigenvalue weighted by molar-refractivity contribution is -0.870. The van der Waals surface area contributed by atoms with Crippen LogP contribution in [0.25, 0.3) is 0 Å². The molecule has 308 valence electrons. The third-order valence-electron chi connectivity index (χ3n) is 9.30. The smallest absolute Gasteiger partial charge is 0.462 e. The Morgan fingerprint density at radius 3 is 1.44 bits per heavy atom. The zero-order valence-corrected chi connectivity index (χ0v) is 35.5. The van der Waals surface area contributed by atoms with Gasteiger partial charge in [0, 0.05) is 12.8 Å². The maximum Gasteiger partial charge on any atom is 0.472 e. The Bertz CT molecular complexity index is 907. The van der Waals surface area contributed by atoms with Gasteiger partial charge in [-0.1, -0.05) is 154 Å². The molecule has 9 nitrogen and oxygen atoms in total. The van der Waals surface area contributed by atoms with Gasteiger partial charge in [0.1, 0.15) is 19.8 Å². The van der Waals surface area contributed by atoms with Crippen molar-refractivity contribution in [2.45, 2.75) is 200 Å². The quantitative estimate of drug-likeness (QED) is 0.0217. The number of esters is 2. The van der Waals surface area contributed by atoms with Crippen LogP contribution in [0.15, 0.2) is 12.2 Å². The maximum absolute atomic E-state index is 12.6. The van der Waals surface area contributed by atoms with Gasteiger partial charge in [0.15, 0.2) is 6.10 Å². The molecule has 0 aliphatic rings. The van der Waals surface area contributed by atoms with Crippen molar-refractivity contribution in [1.29, 1.82) is 0 Å². The third kappa shape index (κ3) is 38.5. The first-order valence-electron chi connectivity index (χ1n) is 21.4. The Morgan fingerprint density at radius 2 is 0.981 bits per heavy atom. The Kier molecular flexibility index (Phi) is 34.6. The highest BCUT2D eigenvalue weighted by atomic mass is 31.2. The summed E-state index contributed by atoms with van der Waals surface area (Å²) in [6, 6.07) is 0. The molecule has 0 aromatic rings. The third-order valence-corrected chi connectivity index (χ3v) is 10.3. The van der Waals surface area contributed by atoms with Gasteiger partial charge in [0.2, 0.25) is 0 Å². The van der Waals surface area contributed by atoms with Crippen molar-refractivity contribution in [1.82, 2.24) is 0 Å². The monoisotopic (exact) mass is 761 g/mol. The standard InChI is InChI=1S/C42H82NO8P/c1-6-8-10-12-14-16-18-20-21-23-24-26-28-30-32-34-41(44)48-38-40(39-50-52(46,47)49-37-36-43(3,4)5)51-42(45)35-33-31-29-27-25-22-19-17-15-13-11-9-7-2/h17,19,40H,6-16,18,20-39H2,1-5H3/p+1/b19-17+/t40-/m1/s1. The number of rotatable bonds is 39. The summed E-state index contributed by atoms with van der Waals surface area (Å²) in [7, 11) is 1.48. The van der Waals surface area contributed by atoms with Crippen LogP contribution in [0.1, 0.15) is 194 Å². The number of nitrogens with zero attached hydrogens (tertiary/aromatic N) is 1. The zero-order valence-electron chi connectivity index (χ0n) is 34.6. The van der Waals surface area contributed by atoms with Crippen molar-refractivity contribution in [3.63, 3.8) is 0 Å². The molecule has 0 bridgehead atoms. The number of phosphoric acid groups is 1. The van der Waals surface area contributed by atoms with Crippen molar-refractivity contribution in [3.05, 3.63) is 12.2 Å². The van der Waals surface area contributed by atoms with Crippen LogP contribution < -0.4 is 0 Å². The summed E-state index contributed by atoms with van der Waals surface area (Å²) in [6.07, 6.45) is 35.4. The lowest BCUT2D eigenvalue weighted by atomic mass is 10.0. The second kappa shape index (κ2) is 35.5. The van der Waals surface area contributed by atoms with Crippen molar-refractivity contribution in [2.75, 3.05) is 47.5 Å². The number of hydrogen-bond donors (Lipinski definition) is 1. The van der Waals surface area contributed by atoms with Gasteiger partial charge in [0.25, 0.3) is 0 Å². The Balaban J connectivity index is 4.36. The van der Waals surface area contributed by atoms with Crippen LogP contribution in [0.5, 0.6) is 0 Å². The molecule has 1 unspecified atom stereocenters. The number of phosphoric ester groups is 1. The van der Waals surface area contributed by atoms with E-state index in [4.69, 9.17) is 18.5 Å². The van der Waals surface area contributed by atoms with Crippen LogP contribution in [-0.2, 0) is 32.7 Å². The van der Waals surface area contributed by atoms with Gasteiger partial charge in [0.05, 0.1) is 27.7 Å². The summed E-state index contributed by atoms with van der Waals surface area (Å²) in [5.74, 6) is -0.801. The fourth-order valence-corrected chi connectivity index (χ4v) is 6.63. The van der Waals surface area contributed by atoms with E-state index in [-0.39, 0.29) is 25.6 Å². The van der Waals surface area contributed by atoms with Gasteiger partial charge in [-0.15, -0.1) is 0 Å². The highest BCUT2D eigenvalue weighted by Gasteiger charge is 2.27. The van der Waals surface area contributed by atoms with Crippen LogP contribution >= 0.6 is 7.82 Å². The van der Waals surface area contributed by atoms with Gasteiger partial charge in [-0.05, 0) is 38.5 Å². The molecule has 0 fully saturated rings. The minimum atomic E-state index is -4.37. The summed E-state index contributed by atoms with van der Waals surface area (Å²) in [4.78, 5) is 35.3. The number of quaternary nitrogens is 1. The molecule has 0 aliphatic carbocycles. The number of likely N-dealkylation sites (N-methyl/N-ethyl adjacent to an activating group) is 1. The average Bonchev–Trinajstić information content (AvgIpc) is 3.09. The molecule has 52 heavy (non-hydrogen) atoms. The lowest BCUT2D eigenvalue weighted by Gasteiger charge is -2.24. The molecule has 0 aromatic carbocycles. The SMILES string of the molecule is CCCCCC/C=C/CCCCCCCC(=O)O[C@H](COC(=O)CCCCCCCCCCCCCCCCC)COP(=O)(O)OCC[N+](C)(C)C. The molecule has 0 rings (SSSR count). The topological polar surface area (TPSA) is 108 Å². The molecular weight excluding hydrogens is 677 g/mol. The van der Waals surface area contributed by atoms with Crippen molar-refractivity contribution in [2.24, 2.45) is 0 Å². The Labute approximate surface area is 320 Å². The molecule has 0 saturated heterocycles. The van der Waals surface area contributed by atoms with E-state index in [1.54, 1.807) is 0 Å². The maximum atomic E-state index is 12.6. The van der Waals surface area contributed by atoms with E-state index in [1.807, 2.05) is 21.1 Å². The molecule has 0 saturated carbocycles. The number of carbonyl (C=O) groups excluding carboxylic acids is 2. The molecule has 2 atom stereocenters. The van der Waals surface area contributed by atoms with E-state index in [0.717, 1.165) is 51.4 Å². The van der Waals surface area contributed by atoms with Crippen molar-refractivity contribution < 1.29 is 42.1 Å². The first-order valence-corrected chi connectivity index (χ1v) is 22.9. The number of carbonyl (C=O) groups is 2. The molecule has 1 N–H and O–H groups in total. The van der Waals surface area contributed by atoms with Gasteiger partial charge in [-0.3, -0.25) is 18.6 Å². The number of allylic oxidation sites excluding steroid dienone is 2. The number of ether oxygens (including phenoxy) is 2. The molecule has 0 heterocycles. The van der Waals surface area contributed by atoms with Crippen LogP contribution in [0.3, 0.4) is 0 Å². The summed E-state index contributed by atoms with van der Waals surface area (Å²) >= 11 is 0. The van der Waals surface area contributed by atoms with E-state index in [0.29, 0.717) is 23.9 Å². The van der Waals surface area contributed by atoms with E-state index in [9.17, 15) is 19.0 Å². The molecule has 0 aliphatic heterocycles. The minimum Gasteiger partial charge on any atom is -0.462 e. The molecule has 0 spiro atoms. The predicted octanol–water partition coefficient (Wildman–Crippen LogP) is 11.8. The molecule has 10 heteroatoms. The van der Waals surface area contributed by atoms with Gasteiger partial charge < -0.3 is 18.9 Å². The predicted molar refractivity (Wildman–Crippen MR) is 215 cm³/mol. The number of unbranched alkanes of at least 4 members (excludes halogenated alkanes) is 23. The molecule has 0 aromatic heterocycles. The van der Waals surface area contributed by atoms with Crippen molar-refractivity contribution in [3.8, 4) is 0 Å². The van der Waals surface area contributed by atoms with Crippen LogP contribution in [0.2, 0.25) is 0 Å². The Hall–Kier alpha value is -1.25. The summed E-state index contributed by atoms with van der Waals surface area (Å²) < 4.78 is 34.2. The van der Waals surface area contributed by atoms with E-state index in [1.165, 1.54) is 109 Å². The largest absolute Gasteiger partial charge is 0.472 e. The van der Waals surface area contributed by atoms with Gasteiger partial charge in [-0.25, -0.2) is 4.57 Å². The van der Waals surface area contributed by atoms with Crippen LogP contribution in [0.4, 0.5) is 0 Å². The summed E-state index contributed by atoms with van der Waals surface area (Å²) in [5, 5.41) is 0. The number of hydrogen-bond acceptors (Lipinski definition) is 7. The van der Waals surface area contributed by atoms with Crippen molar-refractivity contribution >= 4 is 19.8 Å². The summed E-state index contributed by atoms with van der Waals surface area (Å²) in [5.41, 5.74) is 0. The summed E-state index contributed by atoms with van der Waals surface area (Å²) in [6.45, 7) is 4.41. The molecule has 0 amide bonds. The van der Waals surface area contributed by atoms with Gasteiger partial charge >= 0.3 is 19.8 Å². The molecular formula is C42H83NO8P+. The first kappa shape index (κ1) is 50.8. The van der Waals surface area contributed by atoms with E-state index in [2.05, 4.69) is 26.0 Å². The Morgan fingerprint density at radius 1 is 0.577 bits per heavy atom. The lowest BCUT2D eigenvalue weighted by Crippen LogP contribution is -2.37. The minimum absolute atomic E-state index is 0.0330. The fraction of sp³-hybridized carbons (Fsp3) is 0.905. The first-order chi connectivity index (χ1) is 25.0. The second-order valence-corrected chi connectivity index (χ2v) is 17.2. The fourth-order valence-electron chi connectivity index (χ4n) is 5.89. The average molecular weight is 761 g/mol. The zero-order chi connectivity index (χ0) is 38.6. The van der Waals surface area contributed by atoms with E-state index >= 15 is 0 Å². The highest BCUT2D eigenvalue weighted by Crippen LogP contribution is 2.43. The van der Waals surface area contributed by atoms with Gasteiger partial charge in [-0.2, -0.15) is 0 Å². The normalized spacial score (nSPS) is 13.7. The molecule has 0 radical (unpaired) electrons. The second-order valence-electron chi connectivity index (χ2n) is 15.7. The van der Waals surface area contributed by atoms with Crippen LogP contribution in [-0.4, -0.2) is 74.9 Å². The van der Waals surface area contributed by atoms with E-state index < -0.39 is 26.5 Å². The highest BCUT2D eigenvalue weighted by molar-refractivity contribution is 7.47. The van der Waals surface area contributed by atoms with Crippen LogP contribution in [0, 0.1) is 0 Å².